The molecular formula is C14H13Cl2N3O. The number of nitrogens with one attached hydrogen (secondary N) is 1. The van der Waals surface area contributed by atoms with Crippen molar-refractivity contribution in [1.29, 1.82) is 0 Å². The van der Waals surface area contributed by atoms with E-state index in [1.807, 2.05) is 7.05 Å². The van der Waals surface area contributed by atoms with Crippen LogP contribution in [0.4, 0.5) is 5.82 Å². The molecule has 0 aliphatic heterocycles. The summed E-state index contributed by atoms with van der Waals surface area (Å²) in [5.74, 6) is 3.13. The fourth-order valence-electron chi connectivity index (χ4n) is 1.81. The summed E-state index contributed by atoms with van der Waals surface area (Å²) in [7, 11) is 1.82. The molecule has 0 atom stereocenters. The molecule has 1 aliphatic carbocycles. The molecule has 0 radical (unpaired) electrons. The van der Waals surface area contributed by atoms with Gasteiger partial charge < -0.3 is 10.1 Å². The molecule has 104 valence electrons. The molecule has 1 aromatic heterocycles. The van der Waals surface area contributed by atoms with Crippen molar-refractivity contribution in [3.8, 4) is 11.6 Å². The van der Waals surface area contributed by atoms with Gasteiger partial charge >= 0.3 is 0 Å². The van der Waals surface area contributed by atoms with E-state index in [9.17, 15) is 0 Å². The Morgan fingerprint density at radius 3 is 2.60 bits per heavy atom. The number of rotatable bonds is 4. The second-order valence-electron chi connectivity index (χ2n) is 4.65. The van der Waals surface area contributed by atoms with E-state index in [1.54, 1.807) is 24.3 Å². The van der Waals surface area contributed by atoms with Crippen LogP contribution < -0.4 is 10.1 Å². The molecule has 0 bridgehead atoms. The molecule has 3 rings (SSSR count). The van der Waals surface area contributed by atoms with Gasteiger partial charge in [0.1, 0.15) is 17.4 Å². The number of nitrogens with zero attached hydrogens (tertiary/aromatic N) is 2. The average molecular weight is 310 g/mol. The number of hydrogen-bond acceptors (Lipinski definition) is 4. The Labute approximate surface area is 127 Å². The fraction of sp³-hybridized carbons (Fsp3) is 0.286. The maximum atomic E-state index is 5.97. The number of hydrogen-bond donors (Lipinski definition) is 1. The third-order valence-corrected chi connectivity index (χ3v) is 3.77. The van der Waals surface area contributed by atoms with Gasteiger partial charge in [0.25, 0.3) is 0 Å². The monoisotopic (exact) mass is 309 g/mol. The molecule has 1 fully saturated rings. The molecule has 0 amide bonds. The molecule has 4 nitrogen and oxygen atoms in total. The zero-order valence-corrected chi connectivity index (χ0v) is 12.4. The predicted octanol–water partition coefficient (Wildman–Crippen LogP) is 4.49. The Kier molecular flexibility index (Phi) is 3.68. The molecule has 0 unspecified atom stereocenters. The second kappa shape index (κ2) is 5.46. The van der Waals surface area contributed by atoms with Crippen molar-refractivity contribution < 1.29 is 4.74 Å². The van der Waals surface area contributed by atoms with Gasteiger partial charge in [0.15, 0.2) is 0 Å². The van der Waals surface area contributed by atoms with E-state index in [0.717, 1.165) is 24.5 Å². The van der Waals surface area contributed by atoms with Gasteiger partial charge in [-0.1, -0.05) is 23.2 Å². The Bertz CT molecular complexity index is 644. The summed E-state index contributed by atoms with van der Waals surface area (Å²) >= 11 is 11.9. The molecule has 1 heterocycles. The predicted molar refractivity (Wildman–Crippen MR) is 80.1 cm³/mol. The Morgan fingerprint density at radius 1 is 1.15 bits per heavy atom. The lowest BCUT2D eigenvalue weighted by atomic mass is 10.3. The largest absolute Gasteiger partial charge is 0.439 e. The van der Waals surface area contributed by atoms with E-state index in [2.05, 4.69) is 15.3 Å². The second-order valence-corrected chi connectivity index (χ2v) is 5.47. The van der Waals surface area contributed by atoms with Gasteiger partial charge in [-0.15, -0.1) is 0 Å². The van der Waals surface area contributed by atoms with Crippen LogP contribution in [0.15, 0.2) is 24.3 Å². The lowest BCUT2D eigenvalue weighted by Gasteiger charge is -2.09. The van der Waals surface area contributed by atoms with E-state index in [0.29, 0.717) is 27.6 Å². The van der Waals surface area contributed by atoms with Gasteiger partial charge in [0.05, 0.1) is 10.0 Å². The van der Waals surface area contributed by atoms with Crippen molar-refractivity contribution in [2.24, 2.45) is 0 Å². The quantitative estimate of drug-likeness (QED) is 0.903. The molecule has 0 saturated heterocycles. The molecule has 2 aromatic rings. The highest BCUT2D eigenvalue weighted by atomic mass is 35.5. The summed E-state index contributed by atoms with van der Waals surface area (Å²) in [6.45, 7) is 0. The van der Waals surface area contributed by atoms with E-state index in [1.165, 1.54) is 0 Å². The Hall–Kier alpha value is -1.52. The van der Waals surface area contributed by atoms with Gasteiger partial charge in [-0.2, -0.15) is 4.98 Å². The van der Waals surface area contributed by atoms with E-state index >= 15 is 0 Å². The van der Waals surface area contributed by atoms with Gasteiger partial charge in [-0.25, -0.2) is 4.98 Å². The summed E-state index contributed by atoms with van der Waals surface area (Å²) in [6, 6.07) is 6.88. The first kappa shape index (κ1) is 13.5. The number of aromatic nitrogens is 2. The van der Waals surface area contributed by atoms with Gasteiger partial charge in [0, 0.05) is 25.1 Å². The normalized spacial score (nSPS) is 14.2. The SMILES string of the molecule is CNc1cc(Oc2ccc(Cl)c(Cl)c2)nc(C2CC2)n1. The van der Waals surface area contributed by atoms with E-state index < -0.39 is 0 Å². The molecule has 0 spiro atoms. The van der Waals surface area contributed by atoms with E-state index in [4.69, 9.17) is 27.9 Å². The topological polar surface area (TPSA) is 47.0 Å². The van der Waals surface area contributed by atoms with Crippen LogP contribution in [0.1, 0.15) is 24.6 Å². The lowest BCUT2D eigenvalue weighted by Crippen LogP contribution is -2.01. The smallest absolute Gasteiger partial charge is 0.224 e. The van der Waals surface area contributed by atoms with E-state index in [-0.39, 0.29) is 0 Å². The minimum atomic E-state index is 0.453. The first-order chi connectivity index (χ1) is 9.65. The van der Waals surface area contributed by atoms with Crippen LogP contribution in [0.3, 0.4) is 0 Å². The van der Waals surface area contributed by atoms with Crippen LogP contribution in [0, 0.1) is 0 Å². The standard InChI is InChI=1S/C14H13Cl2N3O/c1-17-12-7-13(19-14(18-12)8-2-3-8)20-9-4-5-10(15)11(16)6-9/h4-8H,2-3H2,1H3,(H,17,18,19). The highest BCUT2D eigenvalue weighted by Crippen LogP contribution is 2.39. The maximum Gasteiger partial charge on any atom is 0.224 e. The highest BCUT2D eigenvalue weighted by Gasteiger charge is 2.27. The van der Waals surface area contributed by atoms with Crippen LogP contribution >= 0.6 is 23.2 Å². The molecule has 20 heavy (non-hydrogen) atoms. The third-order valence-electron chi connectivity index (χ3n) is 3.03. The van der Waals surface area contributed by atoms with Crippen LogP contribution in [-0.4, -0.2) is 17.0 Å². The van der Waals surface area contributed by atoms with Gasteiger partial charge in [-0.05, 0) is 25.0 Å². The van der Waals surface area contributed by atoms with Gasteiger partial charge in [0.2, 0.25) is 5.88 Å². The van der Waals surface area contributed by atoms with Crippen LogP contribution in [0.2, 0.25) is 10.0 Å². The van der Waals surface area contributed by atoms with Crippen molar-refractivity contribution in [3.63, 3.8) is 0 Å². The highest BCUT2D eigenvalue weighted by molar-refractivity contribution is 6.42. The summed E-state index contributed by atoms with van der Waals surface area (Å²) in [4.78, 5) is 8.88. The first-order valence-corrected chi connectivity index (χ1v) is 7.11. The van der Waals surface area contributed by atoms with Crippen molar-refractivity contribution in [2.45, 2.75) is 18.8 Å². The molecule has 6 heteroatoms. The van der Waals surface area contributed by atoms with Crippen LogP contribution in [-0.2, 0) is 0 Å². The number of ether oxygens (including phenoxy) is 1. The first-order valence-electron chi connectivity index (χ1n) is 6.35. The van der Waals surface area contributed by atoms with Crippen molar-refractivity contribution in [2.75, 3.05) is 12.4 Å². The molecule has 1 aromatic carbocycles. The molecule has 1 saturated carbocycles. The molecular weight excluding hydrogens is 297 g/mol. The number of benzene rings is 1. The maximum absolute atomic E-state index is 5.97. The summed E-state index contributed by atoms with van der Waals surface area (Å²) in [5, 5.41) is 3.97. The van der Waals surface area contributed by atoms with Gasteiger partial charge in [-0.3, -0.25) is 0 Å². The Morgan fingerprint density at radius 2 is 1.95 bits per heavy atom. The average Bonchev–Trinajstić information content (AvgIpc) is 3.27. The molecule has 1 aliphatic rings. The number of halogens is 2. The summed E-state index contributed by atoms with van der Waals surface area (Å²) in [5.41, 5.74) is 0. The zero-order chi connectivity index (χ0) is 14.1. The minimum Gasteiger partial charge on any atom is -0.439 e. The van der Waals surface area contributed by atoms with Crippen molar-refractivity contribution in [1.82, 2.24) is 9.97 Å². The summed E-state index contributed by atoms with van der Waals surface area (Å²) < 4.78 is 5.74. The molecule has 1 N–H and O–H groups in total. The fourth-order valence-corrected chi connectivity index (χ4v) is 2.10. The zero-order valence-electron chi connectivity index (χ0n) is 10.9. The third kappa shape index (κ3) is 2.97. The minimum absolute atomic E-state index is 0.453. The Balaban J connectivity index is 1.88. The van der Waals surface area contributed by atoms with Crippen molar-refractivity contribution >= 4 is 29.0 Å². The number of anilines is 1. The summed E-state index contributed by atoms with van der Waals surface area (Å²) in [6.07, 6.45) is 2.28. The van der Waals surface area contributed by atoms with Crippen molar-refractivity contribution in [3.05, 3.63) is 40.1 Å². The van der Waals surface area contributed by atoms with Crippen LogP contribution in [0.5, 0.6) is 11.6 Å². The lowest BCUT2D eigenvalue weighted by molar-refractivity contribution is 0.459. The van der Waals surface area contributed by atoms with Crippen LogP contribution in [0.25, 0.3) is 0 Å².